The summed E-state index contributed by atoms with van der Waals surface area (Å²) in [6.07, 6.45) is 0.0405. The molecule has 0 bridgehead atoms. The molecule has 0 N–H and O–H groups in total. The number of hydrogen-bond donors (Lipinski definition) is 0. The van der Waals surface area contributed by atoms with Crippen molar-refractivity contribution in [3.8, 4) is 0 Å². The van der Waals surface area contributed by atoms with Crippen LogP contribution < -0.4 is 0 Å². The molecule has 1 aliphatic rings. The largest absolute Gasteiger partial charge is 0.534 e. The van der Waals surface area contributed by atoms with E-state index in [1.165, 1.54) is 6.92 Å². The molecule has 0 aliphatic carbocycles. The van der Waals surface area contributed by atoms with Gasteiger partial charge in [-0.05, 0) is 34.1 Å². The van der Waals surface area contributed by atoms with Gasteiger partial charge in [0.2, 0.25) is 0 Å². The van der Waals surface area contributed by atoms with Gasteiger partial charge in [0.15, 0.2) is 0 Å². The third kappa shape index (κ3) is 4.84. The third-order valence-corrected chi connectivity index (χ3v) is 4.25. The molecule has 0 aromatic rings. The highest BCUT2D eigenvalue weighted by Gasteiger charge is 2.49. The van der Waals surface area contributed by atoms with Gasteiger partial charge in [-0.3, -0.25) is 4.90 Å². The predicted octanol–water partition coefficient (Wildman–Crippen LogP) is 2.17. The normalized spacial score (nSPS) is 18.0. The van der Waals surface area contributed by atoms with Crippen molar-refractivity contribution in [2.75, 3.05) is 19.7 Å². The predicted molar refractivity (Wildman–Crippen MR) is 75.7 cm³/mol. The minimum Gasteiger partial charge on any atom is -0.463 e. The first-order chi connectivity index (χ1) is 10.3. The highest BCUT2D eigenvalue weighted by Crippen LogP contribution is 2.31. The Bertz CT molecular complexity index is 590. The molecule has 0 saturated carbocycles. The fraction of sp³-hybridized carbons (Fsp3) is 0.769. The topological polar surface area (TPSA) is 72.9 Å². The summed E-state index contributed by atoms with van der Waals surface area (Å²) >= 11 is 0. The standard InChI is InChI=1S/C13H20F3NO5S/c1-5-21-11(18)9-6-7-17(12(2,3)4)8-10(9)22-23(19,20)13(14,15)16/h5-8H2,1-4H3. The summed E-state index contributed by atoms with van der Waals surface area (Å²) in [6, 6.07) is 0. The first-order valence-electron chi connectivity index (χ1n) is 6.94. The molecule has 1 rings (SSSR count). The Labute approximate surface area is 133 Å². The average Bonchev–Trinajstić information content (AvgIpc) is 2.35. The summed E-state index contributed by atoms with van der Waals surface area (Å²) in [4.78, 5) is 13.6. The van der Waals surface area contributed by atoms with Gasteiger partial charge in [-0.2, -0.15) is 21.6 Å². The summed E-state index contributed by atoms with van der Waals surface area (Å²) < 4.78 is 69.1. The summed E-state index contributed by atoms with van der Waals surface area (Å²) in [7, 11) is -5.84. The average molecular weight is 359 g/mol. The number of rotatable bonds is 4. The van der Waals surface area contributed by atoms with Crippen molar-refractivity contribution in [1.29, 1.82) is 0 Å². The van der Waals surface area contributed by atoms with E-state index in [4.69, 9.17) is 4.74 Å². The lowest BCUT2D eigenvalue weighted by molar-refractivity contribution is -0.139. The molecule has 0 unspecified atom stereocenters. The highest BCUT2D eigenvalue weighted by molar-refractivity contribution is 7.87. The Hall–Kier alpha value is -1.29. The van der Waals surface area contributed by atoms with Gasteiger partial charge in [-0.15, -0.1) is 0 Å². The molecule has 0 aromatic carbocycles. The smallest absolute Gasteiger partial charge is 0.463 e. The summed E-state index contributed by atoms with van der Waals surface area (Å²) in [5, 5.41) is 0. The van der Waals surface area contributed by atoms with E-state index in [-0.39, 0.29) is 25.1 Å². The zero-order chi connectivity index (χ0) is 18.1. The first-order valence-corrected chi connectivity index (χ1v) is 8.35. The molecule has 23 heavy (non-hydrogen) atoms. The minimum absolute atomic E-state index is 0.0185. The number of carbonyl (C=O) groups is 1. The van der Waals surface area contributed by atoms with Crippen molar-refractivity contribution in [3.63, 3.8) is 0 Å². The van der Waals surface area contributed by atoms with Crippen molar-refractivity contribution in [2.45, 2.75) is 45.2 Å². The van der Waals surface area contributed by atoms with E-state index in [0.717, 1.165) is 0 Å². The van der Waals surface area contributed by atoms with Crippen molar-refractivity contribution in [1.82, 2.24) is 4.90 Å². The second-order valence-corrected chi connectivity index (χ2v) is 7.49. The maximum Gasteiger partial charge on any atom is 0.534 e. The SMILES string of the molecule is CCOC(=O)C1=C(OS(=O)(=O)C(F)(F)F)CN(C(C)(C)C)CC1. The lowest BCUT2D eigenvalue weighted by Crippen LogP contribution is -2.46. The van der Waals surface area contributed by atoms with Crippen LogP contribution in [0.2, 0.25) is 0 Å². The number of alkyl halides is 3. The molecular weight excluding hydrogens is 339 g/mol. The Morgan fingerprint density at radius 1 is 1.26 bits per heavy atom. The van der Waals surface area contributed by atoms with Gasteiger partial charge in [0.05, 0.1) is 18.7 Å². The Morgan fingerprint density at radius 3 is 2.26 bits per heavy atom. The molecule has 1 aliphatic heterocycles. The van der Waals surface area contributed by atoms with Crippen molar-refractivity contribution >= 4 is 16.1 Å². The fourth-order valence-corrected chi connectivity index (χ4v) is 2.51. The lowest BCUT2D eigenvalue weighted by atomic mass is 9.99. The van der Waals surface area contributed by atoms with Crippen molar-refractivity contribution < 1.29 is 35.3 Å². The second-order valence-electron chi connectivity index (χ2n) is 5.95. The van der Waals surface area contributed by atoms with E-state index in [0.29, 0.717) is 6.54 Å². The zero-order valence-electron chi connectivity index (χ0n) is 13.4. The van der Waals surface area contributed by atoms with Gasteiger partial charge >= 0.3 is 21.6 Å². The molecule has 0 radical (unpaired) electrons. The molecule has 1 heterocycles. The van der Waals surface area contributed by atoms with Crippen LogP contribution in [-0.2, 0) is 23.8 Å². The quantitative estimate of drug-likeness (QED) is 0.435. The van der Waals surface area contributed by atoms with Gasteiger partial charge in [-0.25, -0.2) is 4.79 Å². The van der Waals surface area contributed by atoms with Crippen molar-refractivity contribution in [3.05, 3.63) is 11.3 Å². The van der Waals surface area contributed by atoms with E-state index in [1.807, 2.05) is 20.8 Å². The molecular formula is C13H20F3NO5S. The first kappa shape index (κ1) is 19.8. The molecule has 134 valence electrons. The monoisotopic (exact) mass is 359 g/mol. The maximum absolute atomic E-state index is 12.5. The van der Waals surface area contributed by atoms with Gasteiger partial charge < -0.3 is 8.92 Å². The van der Waals surface area contributed by atoms with Crippen molar-refractivity contribution in [2.24, 2.45) is 0 Å². The third-order valence-electron chi connectivity index (χ3n) is 3.27. The Kier molecular flexibility index (Phi) is 5.74. The highest BCUT2D eigenvalue weighted by atomic mass is 32.2. The summed E-state index contributed by atoms with van der Waals surface area (Å²) in [6.45, 7) is 7.15. The van der Waals surface area contributed by atoms with Gasteiger partial charge in [0, 0.05) is 12.1 Å². The van der Waals surface area contributed by atoms with Crippen LogP contribution in [0.25, 0.3) is 0 Å². The van der Waals surface area contributed by atoms with Crippen LogP contribution in [0.1, 0.15) is 34.1 Å². The molecule has 10 heteroatoms. The van der Waals surface area contributed by atoms with Crippen LogP contribution in [0, 0.1) is 0 Å². The summed E-state index contributed by atoms with van der Waals surface area (Å²) in [5.74, 6) is -1.41. The molecule has 6 nitrogen and oxygen atoms in total. The van der Waals surface area contributed by atoms with E-state index in [2.05, 4.69) is 4.18 Å². The fourth-order valence-electron chi connectivity index (χ4n) is 2.00. The molecule has 0 fully saturated rings. The van der Waals surface area contributed by atoms with Gasteiger partial charge in [0.25, 0.3) is 0 Å². The molecule has 0 aromatic heterocycles. The lowest BCUT2D eigenvalue weighted by Gasteiger charge is -2.39. The number of hydrogen-bond acceptors (Lipinski definition) is 6. The van der Waals surface area contributed by atoms with Crippen LogP contribution in [-0.4, -0.2) is 50.0 Å². The van der Waals surface area contributed by atoms with E-state index >= 15 is 0 Å². The molecule has 0 spiro atoms. The number of halogens is 3. The second kappa shape index (κ2) is 6.68. The van der Waals surface area contributed by atoms with E-state index in [9.17, 15) is 26.4 Å². The number of carbonyl (C=O) groups excluding carboxylic acids is 1. The maximum atomic E-state index is 12.5. The van der Waals surface area contributed by atoms with Crippen LogP contribution in [0.5, 0.6) is 0 Å². The zero-order valence-corrected chi connectivity index (χ0v) is 14.2. The van der Waals surface area contributed by atoms with Crippen LogP contribution >= 0.6 is 0 Å². The van der Waals surface area contributed by atoms with Gasteiger partial charge in [-0.1, -0.05) is 0 Å². The minimum atomic E-state index is -5.84. The molecule has 0 saturated heterocycles. The van der Waals surface area contributed by atoms with Crippen LogP contribution in [0.4, 0.5) is 13.2 Å². The number of nitrogens with zero attached hydrogens (tertiary/aromatic N) is 1. The van der Waals surface area contributed by atoms with Crippen LogP contribution in [0.15, 0.2) is 11.3 Å². The molecule has 0 amide bonds. The molecule has 0 atom stereocenters. The summed E-state index contributed by atoms with van der Waals surface area (Å²) in [5.41, 5.74) is -6.18. The van der Waals surface area contributed by atoms with E-state index in [1.54, 1.807) is 4.90 Å². The number of ether oxygens (including phenoxy) is 1. The van der Waals surface area contributed by atoms with Crippen LogP contribution in [0.3, 0.4) is 0 Å². The Balaban J connectivity index is 3.21. The number of esters is 1. The van der Waals surface area contributed by atoms with Gasteiger partial charge in [0.1, 0.15) is 5.76 Å². The van der Waals surface area contributed by atoms with E-state index < -0.39 is 32.9 Å². The Morgan fingerprint density at radius 2 is 1.83 bits per heavy atom.